The maximum absolute atomic E-state index is 12.6. The van der Waals surface area contributed by atoms with E-state index in [-0.39, 0.29) is 11.5 Å². The van der Waals surface area contributed by atoms with Crippen molar-refractivity contribution in [2.24, 2.45) is 0 Å². The first-order valence-corrected chi connectivity index (χ1v) is 9.85. The average Bonchev–Trinajstić information content (AvgIpc) is 3.34. The van der Waals surface area contributed by atoms with Crippen molar-refractivity contribution in [1.29, 1.82) is 5.26 Å². The Morgan fingerprint density at radius 2 is 1.93 bits per heavy atom. The van der Waals surface area contributed by atoms with Gasteiger partial charge in [-0.15, -0.1) is 6.58 Å². The third-order valence-corrected chi connectivity index (χ3v) is 5.16. The van der Waals surface area contributed by atoms with Crippen LogP contribution in [0.3, 0.4) is 0 Å². The molecule has 0 radical (unpaired) electrons. The summed E-state index contributed by atoms with van der Waals surface area (Å²) in [5, 5.41) is 14.6. The molecule has 4 rings (SSSR count). The molecule has 0 unspecified atom stereocenters. The number of H-pyrrole nitrogens is 1. The first-order valence-electron chi connectivity index (χ1n) is 9.85. The highest BCUT2D eigenvalue weighted by atomic mass is 16.1. The fraction of sp³-hybridized carbons (Fsp3) is 0.120. The number of allylic oxidation sites excluding steroid dienone is 1. The van der Waals surface area contributed by atoms with Crippen LogP contribution in [-0.2, 0) is 17.8 Å². The fourth-order valence-electron chi connectivity index (χ4n) is 3.73. The number of nitriles is 1. The van der Waals surface area contributed by atoms with E-state index in [0.717, 1.165) is 32.9 Å². The number of amides is 1. The molecule has 5 nitrogen and oxygen atoms in total. The number of para-hydroxylation sites is 2. The molecule has 2 heterocycles. The van der Waals surface area contributed by atoms with Gasteiger partial charge in [0.1, 0.15) is 11.6 Å². The normalized spacial score (nSPS) is 11.5. The molecule has 0 atom stereocenters. The number of benzene rings is 2. The summed E-state index contributed by atoms with van der Waals surface area (Å²) in [5.41, 5.74) is 4.19. The first kappa shape index (κ1) is 19.3. The number of nitrogens with zero attached hydrogens (tertiary/aromatic N) is 2. The molecule has 0 spiro atoms. The van der Waals surface area contributed by atoms with Gasteiger partial charge in [-0.25, -0.2) is 0 Å². The molecule has 148 valence electrons. The molecular formula is C25H22N4O. The van der Waals surface area contributed by atoms with Crippen LogP contribution < -0.4 is 5.32 Å². The summed E-state index contributed by atoms with van der Waals surface area (Å²) >= 11 is 0. The van der Waals surface area contributed by atoms with E-state index < -0.39 is 0 Å². The third kappa shape index (κ3) is 3.76. The standard InChI is InChI=1S/C25H22N4O/c1-2-13-29-17-20(22-8-4-6-10-24(22)29)14-19(15-26)25(30)27-12-11-18-16-28-23-9-5-3-7-21(18)23/h2-10,14,16-17,28H,1,11-13H2,(H,27,30)/b19-14-. The lowest BCUT2D eigenvalue weighted by Crippen LogP contribution is -2.26. The topological polar surface area (TPSA) is 73.6 Å². The highest BCUT2D eigenvalue weighted by Gasteiger charge is 2.12. The molecule has 0 aliphatic rings. The zero-order valence-corrected chi connectivity index (χ0v) is 16.6. The molecule has 5 heteroatoms. The smallest absolute Gasteiger partial charge is 0.261 e. The van der Waals surface area contributed by atoms with Crippen LogP contribution in [0.25, 0.3) is 27.9 Å². The van der Waals surface area contributed by atoms with Gasteiger partial charge in [-0.2, -0.15) is 5.26 Å². The van der Waals surface area contributed by atoms with Crippen LogP contribution in [0.2, 0.25) is 0 Å². The summed E-state index contributed by atoms with van der Waals surface area (Å²) in [4.78, 5) is 15.8. The number of hydrogen-bond acceptors (Lipinski definition) is 2. The Morgan fingerprint density at radius 1 is 1.17 bits per heavy atom. The Labute approximate surface area is 174 Å². The van der Waals surface area contributed by atoms with Crippen molar-refractivity contribution in [2.45, 2.75) is 13.0 Å². The minimum Gasteiger partial charge on any atom is -0.361 e. The SMILES string of the molecule is C=CCn1cc(/C=C(/C#N)C(=O)NCCc2c[nH]c3ccccc23)c2ccccc21. The molecular weight excluding hydrogens is 372 g/mol. The largest absolute Gasteiger partial charge is 0.361 e. The molecule has 0 fully saturated rings. The molecule has 2 N–H and O–H groups in total. The Kier molecular flexibility index (Phi) is 5.49. The molecule has 2 aromatic heterocycles. The molecule has 0 aliphatic carbocycles. The van der Waals surface area contributed by atoms with Crippen molar-refractivity contribution in [1.82, 2.24) is 14.9 Å². The van der Waals surface area contributed by atoms with E-state index in [2.05, 4.69) is 27.5 Å². The Balaban J connectivity index is 1.50. The van der Waals surface area contributed by atoms with Crippen molar-refractivity contribution < 1.29 is 4.79 Å². The number of rotatable bonds is 7. The van der Waals surface area contributed by atoms with Crippen LogP contribution in [0.4, 0.5) is 0 Å². The summed E-state index contributed by atoms with van der Waals surface area (Å²) < 4.78 is 2.05. The van der Waals surface area contributed by atoms with Crippen LogP contribution in [0.15, 0.2) is 79.2 Å². The van der Waals surface area contributed by atoms with E-state index in [1.165, 1.54) is 0 Å². The van der Waals surface area contributed by atoms with Gasteiger partial charge in [0, 0.05) is 52.9 Å². The summed E-state index contributed by atoms with van der Waals surface area (Å²) in [6.07, 6.45) is 8.08. The quantitative estimate of drug-likeness (QED) is 0.274. The monoisotopic (exact) mass is 394 g/mol. The highest BCUT2D eigenvalue weighted by molar-refractivity contribution is 6.04. The number of aromatic nitrogens is 2. The summed E-state index contributed by atoms with van der Waals surface area (Å²) in [6.45, 7) is 4.91. The second-order valence-electron chi connectivity index (χ2n) is 7.08. The lowest BCUT2D eigenvalue weighted by Gasteiger charge is -2.04. The maximum atomic E-state index is 12.6. The Morgan fingerprint density at radius 3 is 2.73 bits per heavy atom. The van der Waals surface area contributed by atoms with Crippen molar-refractivity contribution in [2.75, 3.05) is 6.54 Å². The highest BCUT2D eigenvalue weighted by Crippen LogP contribution is 2.24. The van der Waals surface area contributed by atoms with E-state index in [4.69, 9.17) is 0 Å². The molecule has 2 aromatic carbocycles. The van der Waals surface area contributed by atoms with Crippen molar-refractivity contribution in [3.63, 3.8) is 0 Å². The van der Waals surface area contributed by atoms with E-state index in [1.54, 1.807) is 6.08 Å². The van der Waals surface area contributed by atoms with Crippen LogP contribution in [-0.4, -0.2) is 22.0 Å². The van der Waals surface area contributed by atoms with Crippen LogP contribution in [0.5, 0.6) is 0 Å². The molecule has 0 saturated heterocycles. The average molecular weight is 394 g/mol. The van der Waals surface area contributed by atoms with Gasteiger partial charge >= 0.3 is 0 Å². The van der Waals surface area contributed by atoms with Crippen LogP contribution in [0, 0.1) is 11.3 Å². The van der Waals surface area contributed by atoms with Gasteiger partial charge < -0.3 is 14.9 Å². The minimum absolute atomic E-state index is 0.0930. The molecule has 1 amide bonds. The number of fused-ring (bicyclic) bond motifs is 2. The first-order chi connectivity index (χ1) is 14.7. The van der Waals surface area contributed by atoms with E-state index in [1.807, 2.05) is 67.0 Å². The van der Waals surface area contributed by atoms with Gasteiger partial charge in [-0.1, -0.05) is 42.5 Å². The molecule has 4 aromatic rings. The van der Waals surface area contributed by atoms with Crippen LogP contribution >= 0.6 is 0 Å². The predicted octanol–water partition coefficient (Wildman–Crippen LogP) is 4.57. The lowest BCUT2D eigenvalue weighted by atomic mass is 10.1. The second-order valence-corrected chi connectivity index (χ2v) is 7.08. The van der Waals surface area contributed by atoms with E-state index in [9.17, 15) is 10.1 Å². The van der Waals surface area contributed by atoms with Gasteiger partial charge in [0.2, 0.25) is 0 Å². The predicted molar refractivity (Wildman–Crippen MR) is 121 cm³/mol. The van der Waals surface area contributed by atoms with E-state index in [0.29, 0.717) is 19.5 Å². The molecule has 0 bridgehead atoms. The number of carbonyl (C=O) groups is 1. The molecule has 0 saturated carbocycles. The third-order valence-electron chi connectivity index (χ3n) is 5.16. The summed E-state index contributed by atoms with van der Waals surface area (Å²) in [6, 6.07) is 18.0. The molecule has 30 heavy (non-hydrogen) atoms. The minimum atomic E-state index is -0.363. The zero-order valence-electron chi connectivity index (χ0n) is 16.6. The van der Waals surface area contributed by atoms with Crippen molar-refractivity contribution >= 4 is 33.8 Å². The Hall–Kier alpha value is -4.04. The second kappa shape index (κ2) is 8.54. The van der Waals surface area contributed by atoms with E-state index >= 15 is 0 Å². The zero-order chi connectivity index (χ0) is 20.9. The maximum Gasteiger partial charge on any atom is 0.261 e. The lowest BCUT2D eigenvalue weighted by molar-refractivity contribution is -0.117. The number of hydrogen-bond donors (Lipinski definition) is 2. The van der Waals surface area contributed by atoms with Gasteiger partial charge in [0.15, 0.2) is 0 Å². The van der Waals surface area contributed by atoms with Crippen molar-refractivity contribution in [3.8, 4) is 6.07 Å². The summed E-state index contributed by atoms with van der Waals surface area (Å²) in [5.74, 6) is -0.363. The Bertz CT molecular complexity index is 1300. The fourth-order valence-corrected chi connectivity index (χ4v) is 3.73. The molecule has 0 aliphatic heterocycles. The van der Waals surface area contributed by atoms with Crippen molar-refractivity contribution in [3.05, 3.63) is 90.3 Å². The summed E-state index contributed by atoms with van der Waals surface area (Å²) in [7, 11) is 0. The van der Waals surface area contributed by atoms with Gasteiger partial charge in [0.25, 0.3) is 5.91 Å². The van der Waals surface area contributed by atoms with Crippen LogP contribution in [0.1, 0.15) is 11.1 Å². The van der Waals surface area contributed by atoms with Gasteiger partial charge in [0.05, 0.1) is 0 Å². The number of carbonyl (C=O) groups excluding carboxylic acids is 1. The number of nitrogens with one attached hydrogen (secondary N) is 2. The number of aromatic amines is 1. The van der Waals surface area contributed by atoms with Gasteiger partial charge in [-0.05, 0) is 30.2 Å². The van der Waals surface area contributed by atoms with Gasteiger partial charge in [-0.3, -0.25) is 4.79 Å².